The Balaban J connectivity index is 2.56. The molecule has 0 heterocycles. The fourth-order valence-corrected chi connectivity index (χ4v) is 1.65. The standard InChI is InChI=1S/C11H14O2S/c1-14-8-4-7-11(13)9-5-2-3-6-10(9)12/h2-3,5-6,12H,4,7-8H2,1H3. The zero-order valence-electron chi connectivity index (χ0n) is 8.19. The summed E-state index contributed by atoms with van der Waals surface area (Å²) in [7, 11) is 0. The number of thioether (sulfide) groups is 1. The van der Waals surface area contributed by atoms with Gasteiger partial charge < -0.3 is 5.11 Å². The maximum Gasteiger partial charge on any atom is 0.166 e. The van der Waals surface area contributed by atoms with Gasteiger partial charge in [-0.2, -0.15) is 11.8 Å². The van der Waals surface area contributed by atoms with E-state index in [1.165, 1.54) is 0 Å². The number of aromatic hydroxyl groups is 1. The molecule has 0 aliphatic heterocycles. The van der Waals surface area contributed by atoms with Crippen LogP contribution in [0.15, 0.2) is 24.3 Å². The van der Waals surface area contributed by atoms with Gasteiger partial charge in [0.2, 0.25) is 0 Å². The molecular formula is C11H14O2S. The minimum absolute atomic E-state index is 0.0251. The van der Waals surface area contributed by atoms with E-state index in [0.717, 1.165) is 12.2 Å². The van der Waals surface area contributed by atoms with Crippen molar-refractivity contribution in [3.63, 3.8) is 0 Å². The smallest absolute Gasteiger partial charge is 0.166 e. The third kappa shape index (κ3) is 3.07. The number of benzene rings is 1. The topological polar surface area (TPSA) is 37.3 Å². The predicted molar refractivity (Wildman–Crippen MR) is 60.1 cm³/mol. The fraction of sp³-hybridized carbons (Fsp3) is 0.364. The molecule has 0 fully saturated rings. The molecule has 0 spiro atoms. The van der Waals surface area contributed by atoms with Crippen molar-refractivity contribution in [2.24, 2.45) is 0 Å². The zero-order valence-corrected chi connectivity index (χ0v) is 9.01. The SMILES string of the molecule is CSCCCC(=O)c1ccccc1O. The molecule has 0 bridgehead atoms. The number of Topliss-reactive ketones (excluding diaryl/α,β-unsaturated/α-hetero) is 1. The lowest BCUT2D eigenvalue weighted by atomic mass is 10.1. The van der Waals surface area contributed by atoms with Gasteiger partial charge in [0.1, 0.15) is 5.75 Å². The molecule has 1 rings (SSSR count). The normalized spacial score (nSPS) is 10.1. The van der Waals surface area contributed by atoms with Crippen molar-refractivity contribution in [1.29, 1.82) is 0 Å². The second-order valence-corrected chi connectivity index (χ2v) is 4.02. The molecule has 14 heavy (non-hydrogen) atoms. The van der Waals surface area contributed by atoms with Gasteiger partial charge in [0, 0.05) is 6.42 Å². The Morgan fingerprint density at radius 1 is 1.43 bits per heavy atom. The number of phenolic OH excluding ortho intramolecular Hbond substituents is 1. The number of hydrogen-bond acceptors (Lipinski definition) is 3. The van der Waals surface area contributed by atoms with Gasteiger partial charge in [-0.25, -0.2) is 0 Å². The number of para-hydroxylation sites is 1. The first-order valence-corrected chi connectivity index (χ1v) is 5.95. The van der Waals surface area contributed by atoms with Crippen LogP contribution in [0.5, 0.6) is 5.75 Å². The molecule has 0 atom stereocenters. The average Bonchev–Trinajstić information content (AvgIpc) is 2.18. The fourth-order valence-electron chi connectivity index (χ4n) is 1.22. The van der Waals surface area contributed by atoms with Crippen molar-refractivity contribution < 1.29 is 9.90 Å². The van der Waals surface area contributed by atoms with Crippen LogP contribution in [0, 0.1) is 0 Å². The molecule has 0 amide bonds. The van der Waals surface area contributed by atoms with Crippen LogP contribution in [0.2, 0.25) is 0 Å². The number of rotatable bonds is 5. The first-order chi connectivity index (χ1) is 6.75. The van der Waals surface area contributed by atoms with Crippen LogP contribution in [-0.4, -0.2) is 22.9 Å². The molecule has 1 N–H and O–H groups in total. The number of hydrogen-bond donors (Lipinski definition) is 1. The lowest BCUT2D eigenvalue weighted by Gasteiger charge is -2.02. The maximum absolute atomic E-state index is 11.6. The molecule has 0 radical (unpaired) electrons. The minimum atomic E-state index is 0.0251. The van der Waals surface area contributed by atoms with Crippen molar-refractivity contribution >= 4 is 17.5 Å². The van der Waals surface area contributed by atoms with E-state index in [1.54, 1.807) is 36.0 Å². The van der Waals surface area contributed by atoms with E-state index < -0.39 is 0 Å². The zero-order chi connectivity index (χ0) is 10.4. The van der Waals surface area contributed by atoms with Gasteiger partial charge in [-0.1, -0.05) is 12.1 Å². The molecule has 76 valence electrons. The quantitative estimate of drug-likeness (QED) is 0.599. The number of carbonyl (C=O) groups excluding carboxylic acids is 1. The van der Waals surface area contributed by atoms with E-state index in [4.69, 9.17) is 0 Å². The summed E-state index contributed by atoms with van der Waals surface area (Å²) in [5.74, 6) is 1.10. The minimum Gasteiger partial charge on any atom is -0.507 e. The molecule has 0 unspecified atom stereocenters. The summed E-state index contributed by atoms with van der Waals surface area (Å²) in [5, 5.41) is 9.41. The molecule has 0 aromatic heterocycles. The van der Waals surface area contributed by atoms with E-state index in [0.29, 0.717) is 12.0 Å². The van der Waals surface area contributed by atoms with E-state index in [1.807, 2.05) is 6.26 Å². The van der Waals surface area contributed by atoms with Crippen LogP contribution in [0.4, 0.5) is 0 Å². The highest BCUT2D eigenvalue weighted by Crippen LogP contribution is 2.18. The van der Waals surface area contributed by atoms with Crippen LogP contribution >= 0.6 is 11.8 Å². The summed E-state index contributed by atoms with van der Waals surface area (Å²) in [6.45, 7) is 0. The van der Waals surface area contributed by atoms with E-state index in [-0.39, 0.29) is 11.5 Å². The van der Waals surface area contributed by atoms with Crippen LogP contribution in [0.3, 0.4) is 0 Å². The van der Waals surface area contributed by atoms with Crippen LogP contribution in [0.1, 0.15) is 23.2 Å². The maximum atomic E-state index is 11.6. The van der Waals surface area contributed by atoms with Crippen LogP contribution < -0.4 is 0 Å². The summed E-state index contributed by atoms with van der Waals surface area (Å²) < 4.78 is 0. The number of phenols is 1. The van der Waals surface area contributed by atoms with Gasteiger partial charge >= 0.3 is 0 Å². The van der Waals surface area contributed by atoms with Gasteiger partial charge in [0.25, 0.3) is 0 Å². The van der Waals surface area contributed by atoms with Crippen molar-refractivity contribution in [2.45, 2.75) is 12.8 Å². The molecule has 0 aliphatic carbocycles. The number of carbonyl (C=O) groups is 1. The van der Waals surface area contributed by atoms with Gasteiger partial charge in [-0.3, -0.25) is 4.79 Å². The predicted octanol–water partition coefficient (Wildman–Crippen LogP) is 2.72. The Morgan fingerprint density at radius 3 is 2.79 bits per heavy atom. The lowest BCUT2D eigenvalue weighted by Crippen LogP contribution is -1.99. The molecule has 0 aliphatic rings. The van der Waals surface area contributed by atoms with E-state index in [2.05, 4.69) is 0 Å². The Labute approximate surface area is 88.3 Å². The van der Waals surface area contributed by atoms with Gasteiger partial charge in [0.05, 0.1) is 5.56 Å². The summed E-state index contributed by atoms with van der Waals surface area (Å²) in [5.41, 5.74) is 0.439. The highest BCUT2D eigenvalue weighted by atomic mass is 32.2. The average molecular weight is 210 g/mol. The highest BCUT2D eigenvalue weighted by Gasteiger charge is 2.08. The second-order valence-electron chi connectivity index (χ2n) is 3.04. The summed E-state index contributed by atoms with van der Waals surface area (Å²) >= 11 is 1.73. The Morgan fingerprint density at radius 2 is 2.14 bits per heavy atom. The number of ketones is 1. The molecule has 2 nitrogen and oxygen atoms in total. The van der Waals surface area contributed by atoms with E-state index in [9.17, 15) is 9.90 Å². The first-order valence-electron chi connectivity index (χ1n) is 4.56. The Kier molecular flexibility index (Phi) is 4.53. The third-order valence-electron chi connectivity index (χ3n) is 1.96. The van der Waals surface area contributed by atoms with Crippen LogP contribution in [-0.2, 0) is 0 Å². The third-order valence-corrected chi connectivity index (χ3v) is 2.65. The van der Waals surface area contributed by atoms with E-state index >= 15 is 0 Å². The lowest BCUT2D eigenvalue weighted by molar-refractivity contribution is 0.0979. The summed E-state index contributed by atoms with van der Waals surface area (Å²) in [6.07, 6.45) is 3.40. The molecule has 1 aromatic rings. The summed E-state index contributed by atoms with van der Waals surface area (Å²) in [4.78, 5) is 11.6. The van der Waals surface area contributed by atoms with Crippen molar-refractivity contribution in [3.8, 4) is 5.75 Å². The molecule has 0 saturated carbocycles. The Hall–Kier alpha value is -0.960. The molecule has 1 aromatic carbocycles. The van der Waals surface area contributed by atoms with Crippen molar-refractivity contribution in [2.75, 3.05) is 12.0 Å². The van der Waals surface area contributed by atoms with Gasteiger partial charge in [0.15, 0.2) is 5.78 Å². The molecule has 3 heteroatoms. The van der Waals surface area contributed by atoms with Gasteiger partial charge in [-0.05, 0) is 30.6 Å². The molecule has 0 saturated heterocycles. The molecular weight excluding hydrogens is 196 g/mol. The van der Waals surface area contributed by atoms with Crippen molar-refractivity contribution in [1.82, 2.24) is 0 Å². The largest absolute Gasteiger partial charge is 0.507 e. The first kappa shape index (κ1) is 11.1. The van der Waals surface area contributed by atoms with Crippen LogP contribution in [0.25, 0.3) is 0 Å². The second kappa shape index (κ2) is 5.70. The highest BCUT2D eigenvalue weighted by molar-refractivity contribution is 7.98. The Bertz CT molecular complexity index is 310. The van der Waals surface area contributed by atoms with Crippen molar-refractivity contribution in [3.05, 3.63) is 29.8 Å². The van der Waals surface area contributed by atoms with Gasteiger partial charge in [-0.15, -0.1) is 0 Å². The summed E-state index contributed by atoms with van der Waals surface area (Å²) in [6, 6.07) is 6.69. The monoisotopic (exact) mass is 210 g/mol.